The number of sulfone groups is 1. The molecule has 0 aliphatic heterocycles. The first-order chi connectivity index (χ1) is 11.2. The smallest absolute Gasteiger partial charge is 0.323 e. The minimum atomic E-state index is -4.66. The van der Waals surface area contributed by atoms with Crippen LogP contribution < -0.4 is 0 Å². The van der Waals surface area contributed by atoms with Crippen LogP contribution in [0.4, 0.5) is 18.0 Å². The lowest BCUT2D eigenvalue weighted by Gasteiger charge is -2.17. The molecular weight excluding hydrogens is 349 g/mol. The van der Waals surface area contributed by atoms with E-state index in [1.807, 2.05) is 0 Å². The Labute approximate surface area is 135 Å². The van der Waals surface area contributed by atoms with Gasteiger partial charge in [0.1, 0.15) is 0 Å². The first-order valence-corrected chi connectivity index (χ1v) is 8.31. The Kier molecular flexibility index (Phi) is 4.92. The topological polar surface area (TPSA) is 85.2 Å². The molecule has 0 unspecified atom stereocenters. The van der Waals surface area contributed by atoms with Crippen molar-refractivity contribution in [1.29, 1.82) is 0 Å². The molecule has 1 amide bonds. The molecule has 130 valence electrons. The molecule has 0 aromatic carbocycles. The van der Waals surface area contributed by atoms with E-state index in [1.54, 1.807) is 13.8 Å². The lowest BCUT2D eigenvalue weighted by atomic mass is 10.4. The molecule has 7 nitrogen and oxygen atoms in total. The summed E-state index contributed by atoms with van der Waals surface area (Å²) in [6.07, 6.45) is 1.33. The molecule has 2 rings (SSSR count). The summed E-state index contributed by atoms with van der Waals surface area (Å²) in [6, 6.07) is 0.360. The van der Waals surface area contributed by atoms with Crippen molar-refractivity contribution in [3.63, 3.8) is 0 Å². The van der Waals surface area contributed by atoms with E-state index in [0.29, 0.717) is 13.1 Å². The second kappa shape index (κ2) is 6.59. The summed E-state index contributed by atoms with van der Waals surface area (Å²) in [7, 11) is -4.66. The van der Waals surface area contributed by atoms with Crippen LogP contribution in [0.5, 0.6) is 0 Å². The molecule has 0 atom stereocenters. The molecular formula is C13H13F3N4O3S. The van der Waals surface area contributed by atoms with Crippen LogP contribution >= 0.6 is 0 Å². The van der Waals surface area contributed by atoms with E-state index < -0.39 is 43.4 Å². The second-order valence-corrected chi connectivity index (χ2v) is 6.41. The average Bonchev–Trinajstić information content (AvgIpc) is 3.04. The SMILES string of the molecule is CCN(CC)C(=O)n1ccc(S(=O)(=O)c2ncc(F)c(F)c2F)n1. The average molecular weight is 362 g/mol. The van der Waals surface area contributed by atoms with Crippen LogP contribution in [0, 0.1) is 17.5 Å². The maximum atomic E-state index is 13.7. The first kappa shape index (κ1) is 17.9. The number of hydrogen-bond donors (Lipinski definition) is 0. The van der Waals surface area contributed by atoms with Crippen LogP contribution in [0.2, 0.25) is 0 Å². The van der Waals surface area contributed by atoms with Gasteiger partial charge in [0.05, 0.1) is 6.20 Å². The third kappa shape index (κ3) is 2.98. The van der Waals surface area contributed by atoms with Crippen LogP contribution in [0.25, 0.3) is 0 Å². The number of aromatic nitrogens is 3. The zero-order valence-corrected chi connectivity index (χ0v) is 13.5. The van der Waals surface area contributed by atoms with Crippen LogP contribution in [0.1, 0.15) is 13.8 Å². The van der Waals surface area contributed by atoms with Crippen LogP contribution in [-0.2, 0) is 9.84 Å². The number of carbonyl (C=O) groups excluding carboxylic acids is 1. The van der Waals surface area contributed by atoms with Crippen molar-refractivity contribution in [3.8, 4) is 0 Å². The fourth-order valence-electron chi connectivity index (χ4n) is 1.91. The van der Waals surface area contributed by atoms with Crippen molar-refractivity contribution < 1.29 is 26.4 Å². The molecule has 24 heavy (non-hydrogen) atoms. The number of pyridine rings is 1. The van der Waals surface area contributed by atoms with Crippen LogP contribution in [0.3, 0.4) is 0 Å². The lowest BCUT2D eigenvalue weighted by molar-refractivity contribution is 0.201. The summed E-state index contributed by atoms with van der Waals surface area (Å²) in [6.45, 7) is 4.19. The predicted molar refractivity (Wildman–Crippen MR) is 75.5 cm³/mol. The van der Waals surface area contributed by atoms with E-state index in [4.69, 9.17) is 0 Å². The highest BCUT2D eigenvalue weighted by Crippen LogP contribution is 2.22. The fourth-order valence-corrected chi connectivity index (χ4v) is 3.06. The molecule has 0 fully saturated rings. The van der Waals surface area contributed by atoms with Gasteiger partial charge in [0.2, 0.25) is 14.9 Å². The van der Waals surface area contributed by atoms with Crippen molar-refractivity contribution in [2.75, 3.05) is 13.1 Å². The van der Waals surface area contributed by atoms with Gasteiger partial charge in [-0.25, -0.2) is 31.4 Å². The zero-order valence-electron chi connectivity index (χ0n) is 12.7. The molecule has 0 N–H and O–H groups in total. The highest BCUT2D eigenvalue weighted by molar-refractivity contribution is 7.91. The highest BCUT2D eigenvalue weighted by Gasteiger charge is 2.30. The van der Waals surface area contributed by atoms with Crippen molar-refractivity contribution in [2.45, 2.75) is 23.9 Å². The number of rotatable bonds is 4. The molecule has 0 spiro atoms. The standard InChI is InChI=1S/C13H13F3N4O3S/c1-3-19(4-2)13(21)20-6-5-9(18-20)24(22,23)12-11(16)10(15)8(14)7-17-12/h5-7H,3-4H2,1-2H3. The fraction of sp³-hybridized carbons (Fsp3) is 0.308. The molecule has 0 aliphatic carbocycles. The Balaban J connectivity index is 2.46. The summed E-state index contributed by atoms with van der Waals surface area (Å²) in [5, 5.41) is 1.57. The van der Waals surface area contributed by atoms with Gasteiger partial charge in [-0.1, -0.05) is 0 Å². The number of carbonyl (C=O) groups is 1. The Hall–Kier alpha value is -2.43. The Bertz CT molecular complexity index is 879. The number of hydrogen-bond acceptors (Lipinski definition) is 5. The molecule has 2 heterocycles. The molecule has 2 aromatic heterocycles. The maximum absolute atomic E-state index is 13.7. The Morgan fingerprint density at radius 1 is 1.21 bits per heavy atom. The van der Waals surface area contributed by atoms with Crippen molar-refractivity contribution >= 4 is 15.9 Å². The van der Waals surface area contributed by atoms with Gasteiger partial charge < -0.3 is 4.90 Å². The van der Waals surface area contributed by atoms with E-state index >= 15 is 0 Å². The number of nitrogens with zero attached hydrogens (tertiary/aromatic N) is 4. The quantitative estimate of drug-likeness (QED) is 0.828. The van der Waals surface area contributed by atoms with Gasteiger partial charge in [-0.2, -0.15) is 9.78 Å². The van der Waals surface area contributed by atoms with Crippen molar-refractivity contribution in [3.05, 3.63) is 35.9 Å². The molecule has 0 bridgehead atoms. The molecule has 0 aliphatic rings. The molecule has 0 saturated heterocycles. The summed E-state index contributed by atoms with van der Waals surface area (Å²) >= 11 is 0. The lowest BCUT2D eigenvalue weighted by Crippen LogP contribution is -2.34. The first-order valence-electron chi connectivity index (χ1n) is 6.83. The molecule has 0 radical (unpaired) electrons. The minimum Gasteiger partial charge on any atom is -0.323 e. The summed E-state index contributed by atoms with van der Waals surface area (Å²) in [5.41, 5.74) is 0. The molecule has 2 aromatic rings. The zero-order chi connectivity index (χ0) is 18.1. The number of halogens is 3. The Morgan fingerprint density at radius 2 is 1.83 bits per heavy atom. The van der Waals surface area contributed by atoms with Gasteiger partial charge in [-0.15, -0.1) is 0 Å². The highest BCUT2D eigenvalue weighted by atomic mass is 32.2. The second-order valence-electron chi connectivity index (χ2n) is 4.60. The summed E-state index contributed by atoms with van der Waals surface area (Å²) in [4.78, 5) is 16.5. The van der Waals surface area contributed by atoms with Gasteiger partial charge in [0.25, 0.3) is 0 Å². The number of amides is 1. The molecule has 11 heteroatoms. The van der Waals surface area contributed by atoms with E-state index in [0.717, 1.165) is 16.9 Å². The van der Waals surface area contributed by atoms with Gasteiger partial charge in [-0.3, -0.25) is 0 Å². The van der Waals surface area contributed by atoms with E-state index in [-0.39, 0.29) is 6.20 Å². The normalized spacial score (nSPS) is 11.5. The van der Waals surface area contributed by atoms with E-state index in [1.165, 1.54) is 4.90 Å². The predicted octanol–water partition coefficient (Wildman–Crippen LogP) is 1.84. The maximum Gasteiger partial charge on any atom is 0.344 e. The largest absolute Gasteiger partial charge is 0.344 e. The van der Waals surface area contributed by atoms with Gasteiger partial charge in [0, 0.05) is 19.3 Å². The van der Waals surface area contributed by atoms with Gasteiger partial charge >= 0.3 is 6.03 Å². The Morgan fingerprint density at radius 3 is 2.42 bits per heavy atom. The minimum absolute atomic E-state index is 0.253. The van der Waals surface area contributed by atoms with E-state index in [2.05, 4.69) is 10.1 Å². The third-order valence-electron chi connectivity index (χ3n) is 3.21. The van der Waals surface area contributed by atoms with Gasteiger partial charge in [-0.05, 0) is 19.9 Å². The van der Waals surface area contributed by atoms with Crippen LogP contribution in [0.15, 0.2) is 28.5 Å². The van der Waals surface area contributed by atoms with Crippen LogP contribution in [-0.4, -0.2) is 47.2 Å². The van der Waals surface area contributed by atoms with Crippen molar-refractivity contribution in [1.82, 2.24) is 19.7 Å². The van der Waals surface area contributed by atoms with E-state index in [9.17, 15) is 26.4 Å². The third-order valence-corrected chi connectivity index (χ3v) is 4.77. The van der Waals surface area contributed by atoms with Gasteiger partial charge in [0.15, 0.2) is 22.5 Å². The summed E-state index contributed by atoms with van der Waals surface area (Å²) in [5.74, 6) is -5.52. The summed E-state index contributed by atoms with van der Waals surface area (Å²) < 4.78 is 65.1. The monoisotopic (exact) mass is 362 g/mol. The van der Waals surface area contributed by atoms with Crippen molar-refractivity contribution in [2.24, 2.45) is 0 Å². The molecule has 0 saturated carbocycles.